The number of methoxy groups -OCH3 is 1. The van der Waals surface area contributed by atoms with Crippen LogP contribution in [0.1, 0.15) is 18.1 Å². The van der Waals surface area contributed by atoms with E-state index < -0.39 is 0 Å². The molecule has 2 aromatic rings. The summed E-state index contributed by atoms with van der Waals surface area (Å²) in [6, 6.07) is 14.1. The van der Waals surface area contributed by atoms with Crippen molar-refractivity contribution in [2.45, 2.75) is 19.9 Å². The van der Waals surface area contributed by atoms with E-state index in [4.69, 9.17) is 10.5 Å². The van der Waals surface area contributed by atoms with Crippen LogP contribution in [0.15, 0.2) is 42.5 Å². The summed E-state index contributed by atoms with van der Waals surface area (Å²) >= 11 is 0. The molecule has 0 radical (unpaired) electrons. The van der Waals surface area contributed by atoms with Crippen LogP contribution in [0, 0.1) is 0 Å². The molecule has 100 valence electrons. The number of ether oxygens (including phenoxy) is 1. The summed E-state index contributed by atoms with van der Waals surface area (Å²) in [5, 5.41) is 3.39. The SMILES string of the molecule is CCc1ccccc1CNc1cc(N)cc(OC)c1. The second-order valence-electron chi connectivity index (χ2n) is 4.47. The molecule has 0 atom stereocenters. The Morgan fingerprint density at radius 3 is 2.53 bits per heavy atom. The van der Waals surface area contributed by atoms with Gasteiger partial charge in [-0.1, -0.05) is 31.2 Å². The summed E-state index contributed by atoms with van der Waals surface area (Å²) in [4.78, 5) is 0. The fourth-order valence-electron chi connectivity index (χ4n) is 2.11. The van der Waals surface area contributed by atoms with Crippen molar-refractivity contribution in [3.05, 3.63) is 53.6 Å². The third kappa shape index (κ3) is 3.41. The van der Waals surface area contributed by atoms with Crippen LogP contribution in [0.4, 0.5) is 11.4 Å². The van der Waals surface area contributed by atoms with Crippen LogP contribution in [-0.2, 0) is 13.0 Å². The minimum Gasteiger partial charge on any atom is -0.497 e. The third-order valence-corrected chi connectivity index (χ3v) is 3.15. The van der Waals surface area contributed by atoms with Gasteiger partial charge < -0.3 is 15.8 Å². The zero-order chi connectivity index (χ0) is 13.7. The molecule has 2 rings (SSSR count). The van der Waals surface area contributed by atoms with Gasteiger partial charge in [-0.05, 0) is 23.6 Å². The van der Waals surface area contributed by atoms with Crippen LogP contribution in [0.2, 0.25) is 0 Å². The number of anilines is 2. The average Bonchev–Trinajstić information content (AvgIpc) is 2.44. The van der Waals surface area contributed by atoms with Crippen LogP contribution < -0.4 is 15.8 Å². The number of nitrogens with one attached hydrogen (secondary N) is 1. The normalized spacial score (nSPS) is 10.2. The molecule has 3 heteroatoms. The van der Waals surface area contributed by atoms with Crippen molar-refractivity contribution in [1.82, 2.24) is 0 Å². The first-order valence-corrected chi connectivity index (χ1v) is 6.48. The van der Waals surface area contributed by atoms with Crippen LogP contribution in [-0.4, -0.2) is 7.11 Å². The van der Waals surface area contributed by atoms with Gasteiger partial charge in [0.1, 0.15) is 5.75 Å². The Labute approximate surface area is 114 Å². The van der Waals surface area contributed by atoms with Crippen molar-refractivity contribution in [3.8, 4) is 5.75 Å². The smallest absolute Gasteiger partial charge is 0.122 e. The second-order valence-corrected chi connectivity index (χ2v) is 4.47. The maximum atomic E-state index is 5.84. The summed E-state index contributed by atoms with van der Waals surface area (Å²) < 4.78 is 5.21. The fraction of sp³-hybridized carbons (Fsp3) is 0.250. The highest BCUT2D eigenvalue weighted by Crippen LogP contribution is 2.23. The van der Waals surface area contributed by atoms with Crippen LogP contribution in [0.25, 0.3) is 0 Å². The molecule has 0 amide bonds. The first kappa shape index (κ1) is 13.3. The van der Waals surface area contributed by atoms with Gasteiger partial charge in [0.2, 0.25) is 0 Å². The number of benzene rings is 2. The third-order valence-electron chi connectivity index (χ3n) is 3.15. The van der Waals surface area contributed by atoms with Crippen molar-refractivity contribution in [2.24, 2.45) is 0 Å². The Kier molecular flexibility index (Phi) is 4.29. The van der Waals surface area contributed by atoms with E-state index in [1.807, 2.05) is 18.2 Å². The summed E-state index contributed by atoms with van der Waals surface area (Å²) in [5.74, 6) is 0.770. The molecule has 0 spiro atoms. The standard InChI is InChI=1S/C16H20N2O/c1-3-12-6-4-5-7-13(12)11-18-15-8-14(17)9-16(10-15)19-2/h4-10,18H,3,11,17H2,1-2H3. The zero-order valence-electron chi connectivity index (χ0n) is 11.4. The molecule has 0 saturated carbocycles. The highest BCUT2D eigenvalue weighted by Gasteiger charge is 2.02. The number of hydrogen-bond donors (Lipinski definition) is 2. The number of nitrogen functional groups attached to an aromatic ring is 1. The molecule has 0 aliphatic rings. The molecule has 3 nitrogen and oxygen atoms in total. The molecular formula is C16H20N2O. The Hall–Kier alpha value is -2.16. The van der Waals surface area contributed by atoms with Gasteiger partial charge in [-0.2, -0.15) is 0 Å². The van der Waals surface area contributed by atoms with Crippen molar-refractivity contribution in [2.75, 3.05) is 18.2 Å². The molecule has 0 aliphatic heterocycles. The Bertz CT molecular complexity index is 552. The number of aryl methyl sites for hydroxylation is 1. The largest absolute Gasteiger partial charge is 0.497 e. The molecule has 0 bridgehead atoms. The average molecular weight is 256 g/mol. The van der Waals surface area contributed by atoms with E-state index in [2.05, 4.69) is 36.5 Å². The lowest BCUT2D eigenvalue weighted by atomic mass is 10.1. The van der Waals surface area contributed by atoms with Gasteiger partial charge in [0.25, 0.3) is 0 Å². The molecule has 0 aliphatic carbocycles. The van der Waals surface area contributed by atoms with Gasteiger partial charge in [-0.15, -0.1) is 0 Å². The maximum Gasteiger partial charge on any atom is 0.122 e. The Morgan fingerprint density at radius 1 is 1.11 bits per heavy atom. The van der Waals surface area contributed by atoms with Gasteiger partial charge >= 0.3 is 0 Å². The molecule has 0 unspecified atom stereocenters. The van der Waals surface area contributed by atoms with E-state index in [1.54, 1.807) is 7.11 Å². The summed E-state index contributed by atoms with van der Waals surface area (Å²) in [7, 11) is 1.64. The quantitative estimate of drug-likeness (QED) is 0.805. The molecule has 2 aromatic carbocycles. The lowest BCUT2D eigenvalue weighted by Crippen LogP contribution is -2.03. The van der Waals surface area contributed by atoms with Gasteiger partial charge in [0.15, 0.2) is 0 Å². The Morgan fingerprint density at radius 2 is 1.84 bits per heavy atom. The summed E-state index contributed by atoms with van der Waals surface area (Å²) in [6.07, 6.45) is 1.04. The molecule has 3 N–H and O–H groups in total. The monoisotopic (exact) mass is 256 g/mol. The molecule has 0 saturated heterocycles. The predicted molar refractivity (Wildman–Crippen MR) is 80.6 cm³/mol. The highest BCUT2D eigenvalue weighted by molar-refractivity contribution is 5.59. The highest BCUT2D eigenvalue weighted by atomic mass is 16.5. The van der Waals surface area contributed by atoms with Gasteiger partial charge in [-0.25, -0.2) is 0 Å². The first-order chi connectivity index (χ1) is 9.22. The van der Waals surface area contributed by atoms with Gasteiger partial charge in [0, 0.05) is 30.1 Å². The van der Waals surface area contributed by atoms with Crippen molar-refractivity contribution in [3.63, 3.8) is 0 Å². The van der Waals surface area contributed by atoms with E-state index in [1.165, 1.54) is 11.1 Å². The summed E-state index contributed by atoms with van der Waals surface area (Å²) in [5.41, 5.74) is 10.2. The molecule has 0 fully saturated rings. The minimum absolute atomic E-state index is 0.700. The summed E-state index contributed by atoms with van der Waals surface area (Å²) in [6.45, 7) is 2.96. The van der Waals surface area contributed by atoms with Crippen LogP contribution in [0.5, 0.6) is 5.75 Å². The zero-order valence-corrected chi connectivity index (χ0v) is 11.4. The number of nitrogens with two attached hydrogens (primary N) is 1. The lowest BCUT2D eigenvalue weighted by molar-refractivity contribution is 0.415. The molecule has 0 aromatic heterocycles. The molecular weight excluding hydrogens is 236 g/mol. The van der Waals surface area contributed by atoms with Gasteiger partial charge in [-0.3, -0.25) is 0 Å². The van der Waals surface area contributed by atoms with Gasteiger partial charge in [0.05, 0.1) is 7.11 Å². The number of rotatable bonds is 5. The van der Waals surface area contributed by atoms with Crippen molar-refractivity contribution < 1.29 is 4.74 Å². The fourth-order valence-corrected chi connectivity index (χ4v) is 2.11. The predicted octanol–water partition coefficient (Wildman–Crippen LogP) is 3.45. The molecule has 19 heavy (non-hydrogen) atoms. The first-order valence-electron chi connectivity index (χ1n) is 6.48. The minimum atomic E-state index is 0.700. The van der Waals surface area contributed by atoms with Crippen molar-refractivity contribution >= 4 is 11.4 Å². The van der Waals surface area contributed by atoms with Crippen molar-refractivity contribution in [1.29, 1.82) is 0 Å². The molecule has 0 heterocycles. The Balaban J connectivity index is 2.12. The van der Waals surface area contributed by atoms with E-state index in [0.29, 0.717) is 5.69 Å². The van der Waals surface area contributed by atoms with Crippen LogP contribution >= 0.6 is 0 Å². The van der Waals surface area contributed by atoms with E-state index >= 15 is 0 Å². The lowest BCUT2D eigenvalue weighted by Gasteiger charge is -2.12. The number of hydrogen-bond acceptors (Lipinski definition) is 3. The van der Waals surface area contributed by atoms with Crippen LogP contribution in [0.3, 0.4) is 0 Å². The van der Waals surface area contributed by atoms with E-state index in [0.717, 1.165) is 24.4 Å². The van der Waals surface area contributed by atoms with E-state index in [-0.39, 0.29) is 0 Å². The van der Waals surface area contributed by atoms with E-state index in [9.17, 15) is 0 Å². The second kappa shape index (κ2) is 6.14. The topological polar surface area (TPSA) is 47.3 Å². The maximum absolute atomic E-state index is 5.84.